The van der Waals surface area contributed by atoms with Gasteiger partial charge < -0.3 is 19.5 Å². The Bertz CT molecular complexity index is 515. The van der Waals surface area contributed by atoms with E-state index in [2.05, 4.69) is 0 Å². The normalized spacial score (nSPS) is 37.1. The van der Waals surface area contributed by atoms with Crippen molar-refractivity contribution in [2.24, 2.45) is 7.05 Å². The van der Waals surface area contributed by atoms with Crippen molar-refractivity contribution in [2.75, 3.05) is 7.05 Å². The van der Waals surface area contributed by atoms with E-state index >= 15 is 0 Å². The van der Waals surface area contributed by atoms with Crippen LogP contribution < -0.4 is 0 Å². The van der Waals surface area contributed by atoms with Crippen LogP contribution in [0.4, 0.5) is 0 Å². The molecule has 0 aromatic carbocycles. The third kappa shape index (κ3) is 2.04. The van der Waals surface area contributed by atoms with Gasteiger partial charge in [0, 0.05) is 19.3 Å². The molecule has 2 N–H and O–H groups in total. The lowest BCUT2D eigenvalue weighted by Crippen LogP contribution is -2.45. The molecule has 1 aromatic heterocycles. The Morgan fingerprint density at radius 3 is 2.65 bits per heavy atom. The van der Waals surface area contributed by atoms with Crippen LogP contribution in [-0.4, -0.2) is 63.1 Å². The summed E-state index contributed by atoms with van der Waals surface area (Å²) in [6, 6.07) is 3.20. The summed E-state index contributed by atoms with van der Waals surface area (Å²) in [5, 5.41) is 20.1. The first-order valence-corrected chi connectivity index (χ1v) is 6.89. The fraction of sp³-hybridized carbons (Fsp3) is 0.643. The summed E-state index contributed by atoms with van der Waals surface area (Å²) in [6.07, 6.45) is 1.06. The second-order valence-electron chi connectivity index (χ2n) is 5.79. The topological polar surface area (TPSA) is 74.9 Å². The van der Waals surface area contributed by atoms with Crippen molar-refractivity contribution < 1.29 is 19.7 Å². The first kappa shape index (κ1) is 13.6. The number of esters is 1. The van der Waals surface area contributed by atoms with Crippen LogP contribution in [0.1, 0.15) is 23.3 Å². The minimum Gasteiger partial charge on any atom is -0.453 e. The standard InChI is InChI=1S/C14H20N2O4/c1-15-5-3-4-9(15)14(19)20-13-11-7-8(17)6-10(12(13)18)16(11)2/h3-5,8,10-13,17-18H,6-7H2,1-2H3/t8-,10-,11+,12-,13+/m1/s1. The molecule has 0 unspecified atom stereocenters. The number of aliphatic hydroxyl groups is 2. The number of hydrogen-bond donors (Lipinski definition) is 2. The molecule has 0 amide bonds. The van der Waals surface area contributed by atoms with E-state index in [0.29, 0.717) is 18.5 Å². The SMILES string of the molecule is CN1[C@@H]2C[C@@H](O)C[C@H]1[C@H](OC(=O)c1cccn1C)[C@@H]2O. The second kappa shape index (κ2) is 4.87. The number of carbonyl (C=O) groups excluding carboxylic acids is 1. The van der Waals surface area contributed by atoms with Crippen molar-refractivity contribution in [2.45, 2.75) is 43.2 Å². The van der Waals surface area contributed by atoms with Gasteiger partial charge in [0.15, 0.2) is 0 Å². The van der Waals surface area contributed by atoms with Gasteiger partial charge in [0.2, 0.25) is 0 Å². The van der Waals surface area contributed by atoms with E-state index in [1.54, 1.807) is 29.9 Å². The lowest BCUT2D eigenvalue weighted by Gasteiger charge is -2.34. The molecule has 2 saturated heterocycles. The lowest BCUT2D eigenvalue weighted by molar-refractivity contribution is -0.0135. The molecule has 3 rings (SSSR count). The molecule has 1 aromatic rings. The number of ether oxygens (including phenoxy) is 1. The molecule has 0 spiro atoms. The van der Waals surface area contributed by atoms with Gasteiger partial charge in [0.1, 0.15) is 17.9 Å². The summed E-state index contributed by atoms with van der Waals surface area (Å²) in [6.45, 7) is 0. The van der Waals surface area contributed by atoms with Gasteiger partial charge in [-0.2, -0.15) is 0 Å². The van der Waals surface area contributed by atoms with Gasteiger partial charge in [-0.3, -0.25) is 4.90 Å². The highest BCUT2D eigenvalue weighted by Gasteiger charge is 2.52. The van der Waals surface area contributed by atoms with Gasteiger partial charge in [-0.1, -0.05) is 0 Å². The van der Waals surface area contributed by atoms with Gasteiger partial charge in [-0.25, -0.2) is 4.79 Å². The van der Waals surface area contributed by atoms with E-state index in [1.165, 1.54) is 0 Å². The summed E-state index contributed by atoms with van der Waals surface area (Å²) in [4.78, 5) is 14.2. The number of carbonyl (C=O) groups is 1. The van der Waals surface area contributed by atoms with Crippen molar-refractivity contribution >= 4 is 5.97 Å². The molecular weight excluding hydrogens is 260 g/mol. The molecule has 0 aliphatic carbocycles. The summed E-state index contributed by atoms with van der Waals surface area (Å²) in [5.41, 5.74) is 0.460. The van der Waals surface area contributed by atoms with Crippen LogP contribution >= 0.6 is 0 Å². The summed E-state index contributed by atoms with van der Waals surface area (Å²) >= 11 is 0. The van der Waals surface area contributed by atoms with Crippen LogP contribution in [0.5, 0.6) is 0 Å². The largest absolute Gasteiger partial charge is 0.453 e. The Morgan fingerprint density at radius 1 is 1.30 bits per heavy atom. The number of aryl methyl sites for hydroxylation is 1. The number of rotatable bonds is 2. The lowest BCUT2D eigenvalue weighted by atomic mass is 10.0. The maximum Gasteiger partial charge on any atom is 0.355 e. The van der Waals surface area contributed by atoms with Gasteiger partial charge in [-0.15, -0.1) is 0 Å². The molecule has 2 aliphatic heterocycles. The average Bonchev–Trinajstić information content (AvgIpc) is 2.87. The number of aromatic nitrogens is 1. The molecule has 6 nitrogen and oxygen atoms in total. The molecule has 6 heteroatoms. The van der Waals surface area contributed by atoms with E-state index in [9.17, 15) is 15.0 Å². The molecule has 110 valence electrons. The summed E-state index contributed by atoms with van der Waals surface area (Å²) < 4.78 is 7.21. The molecule has 2 bridgehead atoms. The molecule has 2 aliphatic rings. The monoisotopic (exact) mass is 280 g/mol. The third-order valence-corrected chi connectivity index (χ3v) is 4.58. The molecule has 3 heterocycles. The number of fused-ring (bicyclic) bond motifs is 2. The van der Waals surface area contributed by atoms with Crippen LogP contribution in [0.25, 0.3) is 0 Å². The van der Waals surface area contributed by atoms with Crippen LogP contribution in [0, 0.1) is 0 Å². The van der Waals surface area contributed by atoms with Crippen LogP contribution in [-0.2, 0) is 11.8 Å². The van der Waals surface area contributed by atoms with E-state index in [-0.39, 0.29) is 12.1 Å². The van der Waals surface area contributed by atoms with E-state index in [0.717, 1.165) is 0 Å². The van der Waals surface area contributed by atoms with Crippen molar-refractivity contribution in [1.82, 2.24) is 9.47 Å². The maximum atomic E-state index is 12.2. The number of aliphatic hydroxyl groups excluding tert-OH is 2. The maximum absolute atomic E-state index is 12.2. The van der Waals surface area contributed by atoms with Crippen molar-refractivity contribution in [3.63, 3.8) is 0 Å². The minimum absolute atomic E-state index is 0.122. The Balaban J connectivity index is 1.78. The smallest absolute Gasteiger partial charge is 0.355 e. The zero-order valence-corrected chi connectivity index (χ0v) is 11.6. The van der Waals surface area contributed by atoms with E-state index < -0.39 is 24.3 Å². The molecule has 5 atom stereocenters. The highest BCUT2D eigenvalue weighted by molar-refractivity contribution is 5.87. The number of nitrogens with zero attached hydrogens (tertiary/aromatic N) is 2. The van der Waals surface area contributed by atoms with E-state index in [4.69, 9.17) is 4.74 Å². The highest BCUT2D eigenvalue weighted by Crippen LogP contribution is 2.36. The van der Waals surface area contributed by atoms with Crippen molar-refractivity contribution in [3.05, 3.63) is 24.0 Å². The molecule has 0 saturated carbocycles. The Morgan fingerprint density at radius 2 is 2.00 bits per heavy atom. The fourth-order valence-electron chi connectivity index (χ4n) is 3.43. The van der Waals surface area contributed by atoms with Crippen molar-refractivity contribution in [3.8, 4) is 0 Å². The van der Waals surface area contributed by atoms with Gasteiger partial charge in [-0.05, 0) is 32.0 Å². The Labute approximate surface area is 117 Å². The third-order valence-electron chi connectivity index (χ3n) is 4.58. The molecule has 2 fully saturated rings. The first-order valence-electron chi connectivity index (χ1n) is 6.89. The van der Waals surface area contributed by atoms with Crippen LogP contribution in [0.15, 0.2) is 18.3 Å². The van der Waals surface area contributed by atoms with Crippen LogP contribution in [0.2, 0.25) is 0 Å². The number of hydrogen-bond acceptors (Lipinski definition) is 5. The van der Waals surface area contributed by atoms with E-state index in [1.807, 2.05) is 11.9 Å². The summed E-state index contributed by atoms with van der Waals surface area (Å²) in [7, 11) is 3.68. The fourth-order valence-corrected chi connectivity index (χ4v) is 3.43. The number of likely N-dealkylation sites (N-methyl/N-ethyl adjacent to an activating group) is 1. The predicted molar refractivity (Wildman–Crippen MR) is 71.2 cm³/mol. The van der Waals surface area contributed by atoms with Gasteiger partial charge in [0.05, 0.1) is 12.1 Å². The van der Waals surface area contributed by atoms with Crippen LogP contribution in [0.3, 0.4) is 0 Å². The van der Waals surface area contributed by atoms with Crippen molar-refractivity contribution in [1.29, 1.82) is 0 Å². The molecular formula is C14H20N2O4. The molecule has 0 radical (unpaired) electrons. The summed E-state index contributed by atoms with van der Waals surface area (Å²) in [5.74, 6) is -0.433. The quantitative estimate of drug-likeness (QED) is 0.731. The van der Waals surface area contributed by atoms with Gasteiger partial charge in [0.25, 0.3) is 0 Å². The highest BCUT2D eigenvalue weighted by atomic mass is 16.6. The first-order chi connectivity index (χ1) is 9.49. The minimum atomic E-state index is -0.744. The average molecular weight is 280 g/mol. The zero-order chi connectivity index (χ0) is 14.4. The number of piperidine rings is 1. The predicted octanol–water partition coefficient (Wildman–Crippen LogP) is -0.251. The second-order valence-corrected chi connectivity index (χ2v) is 5.79. The Hall–Kier alpha value is -1.37. The Kier molecular flexibility index (Phi) is 3.32. The zero-order valence-electron chi connectivity index (χ0n) is 11.6. The van der Waals surface area contributed by atoms with Gasteiger partial charge >= 0.3 is 5.97 Å². The molecule has 20 heavy (non-hydrogen) atoms.